The Balaban J connectivity index is 1.69. The van der Waals surface area contributed by atoms with E-state index in [2.05, 4.69) is 15.2 Å². The average molecular weight is 424 g/mol. The van der Waals surface area contributed by atoms with Crippen molar-refractivity contribution < 1.29 is 14.2 Å². The van der Waals surface area contributed by atoms with E-state index < -0.39 is 0 Å². The number of hydrogen-bond acceptors (Lipinski definition) is 5. The van der Waals surface area contributed by atoms with E-state index in [1.165, 1.54) is 12.1 Å². The Labute approximate surface area is 178 Å². The van der Waals surface area contributed by atoms with Crippen molar-refractivity contribution in [2.24, 2.45) is 0 Å². The number of aromatic nitrogens is 3. The monoisotopic (exact) mass is 423 g/mol. The number of rotatable bonds is 6. The van der Waals surface area contributed by atoms with Crippen LogP contribution in [0.15, 0.2) is 41.8 Å². The fourth-order valence-corrected chi connectivity index (χ4v) is 3.98. The molecule has 0 saturated heterocycles. The second-order valence-electron chi connectivity index (χ2n) is 7.07. The number of nitrogens with zero attached hydrogens (tertiary/aromatic N) is 2. The van der Waals surface area contributed by atoms with Crippen molar-refractivity contribution in [2.75, 3.05) is 0 Å². The zero-order valence-electron chi connectivity index (χ0n) is 17.0. The molecule has 2 heterocycles. The van der Waals surface area contributed by atoms with E-state index in [0.717, 1.165) is 39.5 Å². The second-order valence-corrected chi connectivity index (χ2v) is 8.13. The zero-order chi connectivity index (χ0) is 21.3. The molecule has 0 unspecified atom stereocenters. The first kappa shape index (κ1) is 20.1. The molecule has 5 nitrogen and oxygen atoms in total. The number of thiazole rings is 1. The van der Waals surface area contributed by atoms with Crippen molar-refractivity contribution in [1.82, 2.24) is 15.2 Å². The van der Waals surface area contributed by atoms with Gasteiger partial charge in [0, 0.05) is 28.3 Å². The van der Waals surface area contributed by atoms with Crippen LogP contribution in [-0.4, -0.2) is 20.3 Å². The Kier molecular flexibility index (Phi) is 5.55. The summed E-state index contributed by atoms with van der Waals surface area (Å²) in [5.41, 5.74) is 5.71. The minimum Gasteiger partial charge on any atom is -0.507 e. The SMILES string of the molecule is CCc1cc(-c2n[nH]c(C)c2-c2csc(C)n2)c(O)cc1OCc1ccc(F)cc1. The number of aromatic hydroxyl groups is 1. The summed E-state index contributed by atoms with van der Waals surface area (Å²) in [6, 6.07) is 9.71. The van der Waals surface area contributed by atoms with Gasteiger partial charge >= 0.3 is 0 Å². The first-order valence-electron chi connectivity index (χ1n) is 9.67. The highest BCUT2D eigenvalue weighted by atomic mass is 32.1. The maximum absolute atomic E-state index is 13.1. The molecule has 0 aliphatic heterocycles. The summed E-state index contributed by atoms with van der Waals surface area (Å²) >= 11 is 1.58. The van der Waals surface area contributed by atoms with Crippen molar-refractivity contribution in [3.05, 3.63) is 69.4 Å². The van der Waals surface area contributed by atoms with Crippen LogP contribution in [0.3, 0.4) is 0 Å². The van der Waals surface area contributed by atoms with Crippen LogP contribution in [-0.2, 0) is 13.0 Å². The molecule has 0 spiro atoms. The molecule has 0 aliphatic rings. The number of H-pyrrole nitrogens is 1. The summed E-state index contributed by atoms with van der Waals surface area (Å²) in [5.74, 6) is 0.401. The molecule has 0 bridgehead atoms. The second kappa shape index (κ2) is 8.28. The maximum Gasteiger partial charge on any atom is 0.128 e. The molecule has 0 aliphatic carbocycles. The van der Waals surface area contributed by atoms with Crippen LogP contribution in [0.25, 0.3) is 22.5 Å². The maximum atomic E-state index is 13.1. The van der Waals surface area contributed by atoms with Gasteiger partial charge in [0.25, 0.3) is 0 Å². The molecule has 4 rings (SSSR count). The summed E-state index contributed by atoms with van der Waals surface area (Å²) in [4.78, 5) is 4.58. The average Bonchev–Trinajstić information content (AvgIpc) is 3.32. The third-order valence-electron chi connectivity index (χ3n) is 4.94. The molecule has 2 aromatic heterocycles. The number of phenolic OH excluding ortho intramolecular Hbond substituents is 1. The van der Waals surface area contributed by atoms with Gasteiger partial charge in [-0.3, -0.25) is 5.10 Å². The molecule has 0 amide bonds. The quantitative estimate of drug-likeness (QED) is 0.411. The number of ether oxygens (including phenoxy) is 1. The molecule has 2 N–H and O–H groups in total. The molecule has 0 saturated carbocycles. The smallest absolute Gasteiger partial charge is 0.128 e. The predicted octanol–water partition coefficient (Wildman–Crippen LogP) is 5.80. The number of benzene rings is 2. The fraction of sp³-hybridized carbons (Fsp3) is 0.217. The van der Waals surface area contributed by atoms with E-state index in [0.29, 0.717) is 17.0 Å². The first-order chi connectivity index (χ1) is 14.5. The Morgan fingerprint density at radius 2 is 1.93 bits per heavy atom. The van der Waals surface area contributed by atoms with Crippen molar-refractivity contribution >= 4 is 11.3 Å². The number of halogens is 1. The minimum atomic E-state index is -0.282. The standard InChI is InChI=1S/C23H22FN3O2S/c1-4-16-9-18(23-22(13(2)26-27-23)19-12-30-14(3)25-19)20(28)10-21(16)29-11-15-5-7-17(24)8-6-15/h5-10,12,28H,4,11H2,1-3H3,(H,26,27). The summed E-state index contributed by atoms with van der Waals surface area (Å²) in [5, 5.41) is 21.2. The minimum absolute atomic E-state index is 0.0843. The van der Waals surface area contributed by atoms with Gasteiger partial charge in [0.2, 0.25) is 0 Å². The van der Waals surface area contributed by atoms with Crippen LogP contribution >= 0.6 is 11.3 Å². The zero-order valence-corrected chi connectivity index (χ0v) is 17.8. The van der Waals surface area contributed by atoms with Crippen molar-refractivity contribution in [3.8, 4) is 34.0 Å². The summed E-state index contributed by atoms with van der Waals surface area (Å²) in [6.07, 6.45) is 0.723. The van der Waals surface area contributed by atoms with Gasteiger partial charge in [-0.15, -0.1) is 11.3 Å². The van der Waals surface area contributed by atoms with E-state index in [1.54, 1.807) is 29.5 Å². The first-order valence-corrected chi connectivity index (χ1v) is 10.5. The fourth-order valence-electron chi connectivity index (χ4n) is 3.37. The van der Waals surface area contributed by atoms with Gasteiger partial charge in [0.15, 0.2) is 0 Å². The summed E-state index contributed by atoms with van der Waals surface area (Å²) < 4.78 is 19.0. The van der Waals surface area contributed by atoms with E-state index in [1.807, 2.05) is 32.2 Å². The third kappa shape index (κ3) is 3.93. The van der Waals surface area contributed by atoms with E-state index in [4.69, 9.17) is 4.74 Å². The predicted molar refractivity (Wildman–Crippen MR) is 116 cm³/mol. The molecule has 0 atom stereocenters. The molecule has 4 aromatic rings. The largest absolute Gasteiger partial charge is 0.507 e. The lowest BCUT2D eigenvalue weighted by molar-refractivity contribution is 0.301. The Bertz CT molecular complexity index is 1180. The number of phenols is 1. The van der Waals surface area contributed by atoms with Crippen LogP contribution in [0.2, 0.25) is 0 Å². The number of hydrogen-bond donors (Lipinski definition) is 2. The highest BCUT2D eigenvalue weighted by molar-refractivity contribution is 7.09. The number of aryl methyl sites for hydroxylation is 3. The van der Waals surface area contributed by atoms with Gasteiger partial charge in [-0.2, -0.15) is 5.10 Å². The van der Waals surface area contributed by atoms with Crippen molar-refractivity contribution in [2.45, 2.75) is 33.8 Å². The highest BCUT2D eigenvalue weighted by Gasteiger charge is 2.21. The lowest BCUT2D eigenvalue weighted by Gasteiger charge is -2.14. The molecule has 2 aromatic carbocycles. The summed E-state index contributed by atoms with van der Waals surface area (Å²) in [7, 11) is 0. The molecule has 0 radical (unpaired) electrons. The van der Waals surface area contributed by atoms with Gasteiger partial charge in [0.1, 0.15) is 29.6 Å². The Morgan fingerprint density at radius 1 is 1.17 bits per heavy atom. The van der Waals surface area contributed by atoms with E-state index in [-0.39, 0.29) is 18.2 Å². The lowest BCUT2D eigenvalue weighted by Crippen LogP contribution is -1.99. The highest BCUT2D eigenvalue weighted by Crippen LogP contribution is 2.40. The number of aromatic amines is 1. The van der Waals surface area contributed by atoms with E-state index in [9.17, 15) is 9.50 Å². The Hall–Kier alpha value is -3.19. The molecular weight excluding hydrogens is 401 g/mol. The van der Waals surface area contributed by atoms with Crippen LogP contribution in [0.4, 0.5) is 4.39 Å². The molecule has 30 heavy (non-hydrogen) atoms. The van der Waals surface area contributed by atoms with Crippen LogP contribution in [0.1, 0.15) is 28.8 Å². The molecule has 154 valence electrons. The molecule has 0 fully saturated rings. The normalized spacial score (nSPS) is 11.1. The van der Waals surface area contributed by atoms with Crippen LogP contribution < -0.4 is 4.74 Å². The lowest BCUT2D eigenvalue weighted by atomic mass is 9.99. The third-order valence-corrected chi connectivity index (χ3v) is 5.72. The van der Waals surface area contributed by atoms with Gasteiger partial charge in [-0.05, 0) is 49.6 Å². The van der Waals surface area contributed by atoms with Gasteiger partial charge in [-0.1, -0.05) is 19.1 Å². The Morgan fingerprint density at radius 3 is 2.60 bits per heavy atom. The van der Waals surface area contributed by atoms with Crippen molar-refractivity contribution in [1.29, 1.82) is 0 Å². The summed E-state index contributed by atoms with van der Waals surface area (Å²) in [6.45, 7) is 6.22. The topological polar surface area (TPSA) is 71.0 Å². The molecule has 7 heteroatoms. The van der Waals surface area contributed by atoms with Crippen molar-refractivity contribution in [3.63, 3.8) is 0 Å². The van der Waals surface area contributed by atoms with Gasteiger partial charge in [-0.25, -0.2) is 9.37 Å². The van der Waals surface area contributed by atoms with Gasteiger partial charge < -0.3 is 9.84 Å². The molecular formula is C23H22FN3O2S. The van der Waals surface area contributed by atoms with Gasteiger partial charge in [0.05, 0.1) is 10.7 Å². The van der Waals surface area contributed by atoms with Crippen LogP contribution in [0.5, 0.6) is 11.5 Å². The van der Waals surface area contributed by atoms with E-state index >= 15 is 0 Å². The number of nitrogens with one attached hydrogen (secondary N) is 1. The van der Waals surface area contributed by atoms with Crippen LogP contribution in [0, 0.1) is 19.7 Å².